The molecule has 0 aliphatic heterocycles. The van der Waals surface area contributed by atoms with E-state index in [9.17, 15) is 0 Å². The highest BCUT2D eigenvalue weighted by molar-refractivity contribution is 9.11. The summed E-state index contributed by atoms with van der Waals surface area (Å²) in [7, 11) is 0. The third-order valence-electron chi connectivity index (χ3n) is 12.5. The SMILES string of the molecule is Brc1cc2oc3cc(Br)c(OCCCCCCCCc4c5ccccc5cc5ccccc45)cc3c2cc1OCCCCCCCCc1c2ccccc2cc2ccccc12. The van der Waals surface area contributed by atoms with Crippen LogP contribution in [-0.2, 0) is 12.8 Å². The number of furan rings is 1. The number of rotatable bonds is 20. The van der Waals surface area contributed by atoms with Crippen molar-refractivity contribution in [1.29, 1.82) is 0 Å². The van der Waals surface area contributed by atoms with Crippen LogP contribution in [0, 0.1) is 0 Å². The van der Waals surface area contributed by atoms with Gasteiger partial charge in [-0.3, -0.25) is 0 Å². The zero-order chi connectivity index (χ0) is 41.4. The van der Waals surface area contributed by atoms with E-state index in [-0.39, 0.29) is 0 Å². The zero-order valence-electron chi connectivity index (χ0n) is 35.0. The Labute approximate surface area is 376 Å². The number of benzene rings is 8. The van der Waals surface area contributed by atoms with Crippen LogP contribution in [0.4, 0.5) is 0 Å². The lowest BCUT2D eigenvalue weighted by Gasteiger charge is -2.12. The molecule has 0 N–H and O–H groups in total. The van der Waals surface area contributed by atoms with Gasteiger partial charge in [0.1, 0.15) is 22.7 Å². The third-order valence-corrected chi connectivity index (χ3v) is 13.7. The van der Waals surface area contributed by atoms with Crippen LogP contribution in [0.3, 0.4) is 0 Å². The molecular formula is C56H54Br2O3. The predicted octanol–water partition coefficient (Wildman–Crippen LogP) is 17.6. The topological polar surface area (TPSA) is 31.6 Å². The Hall–Kier alpha value is -4.84. The first-order chi connectivity index (χ1) is 30.1. The first-order valence-electron chi connectivity index (χ1n) is 22.5. The molecule has 310 valence electrons. The summed E-state index contributed by atoms with van der Waals surface area (Å²) >= 11 is 7.48. The zero-order valence-corrected chi connectivity index (χ0v) is 38.2. The Morgan fingerprint density at radius 1 is 0.344 bits per heavy atom. The lowest BCUT2D eigenvalue weighted by Crippen LogP contribution is -1.98. The number of unbranched alkanes of at least 4 members (excludes halogenated alkanes) is 10. The fourth-order valence-electron chi connectivity index (χ4n) is 9.34. The average Bonchev–Trinajstić information content (AvgIpc) is 3.62. The summed E-state index contributed by atoms with van der Waals surface area (Å²) in [5.74, 6) is 1.71. The second-order valence-corrected chi connectivity index (χ2v) is 18.4. The summed E-state index contributed by atoms with van der Waals surface area (Å²) in [4.78, 5) is 0. The molecule has 0 radical (unpaired) electrons. The maximum absolute atomic E-state index is 6.34. The monoisotopic (exact) mass is 932 g/mol. The molecule has 5 heteroatoms. The summed E-state index contributed by atoms with van der Waals surface area (Å²) in [6, 6.07) is 48.3. The molecule has 3 nitrogen and oxygen atoms in total. The van der Waals surface area contributed by atoms with Gasteiger partial charge in [-0.2, -0.15) is 0 Å². The Morgan fingerprint density at radius 3 is 1.05 bits per heavy atom. The van der Waals surface area contributed by atoms with Crippen LogP contribution in [-0.4, -0.2) is 13.2 Å². The van der Waals surface area contributed by atoms with E-state index in [2.05, 4.69) is 153 Å². The van der Waals surface area contributed by atoms with Gasteiger partial charge in [0.15, 0.2) is 0 Å². The number of hydrogen-bond acceptors (Lipinski definition) is 3. The van der Waals surface area contributed by atoms with E-state index in [4.69, 9.17) is 13.9 Å². The lowest BCUT2D eigenvalue weighted by molar-refractivity contribution is 0.302. The fourth-order valence-corrected chi connectivity index (χ4v) is 10.2. The molecule has 9 aromatic rings. The molecule has 8 aromatic carbocycles. The molecule has 0 spiro atoms. The number of hydrogen-bond donors (Lipinski definition) is 0. The van der Waals surface area contributed by atoms with Crippen molar-refractivity contribution in [1.82, 2.24) is 0 Å². The second-order valence-electron chi connectivity index (χ2n) is 16.7. The van der Waals surface area contributed by atoms with Gasteiger partial charge >= 0.3 is 0 Å². The molecule has 0 fully saturated rings. The van der Waals surface area contributed by atoms with Crippen LogP contribution < -0.4 is 9.47 Å². The maximum atomic E-state index is 6.34. The van der Waals surface area contributed by atoms with Gasteiger partial charge in [0.25, 0.3) is 0 Å². The van der Waals surface area contributed by atoms with Gasteiger partial charge in [-0.15, -0.1) is 0 Å². The van der Waals surface area contributed by atoms with Crippen molar-refractivity contribution in [3.8, 4) is 11.5 Å². The van der Waals surface area contributed by atoms with Crippen molar-refractivity contribution < 1.29 is 13.9 Å². The van der Waals surface area contributed by atoms with Gasteiger partial charge in [-0.25, -0.2) is 0 Å². The highest BCUT2D eigenvalue weighted by Gasteiger charge is 2.15. The molecule has 0 atom stereocenters. The van der Waals surface area contributed by atoms with Gasteiger partial charge in [-0.1, -0.05) is 148 Å². The summed E-state index contributed by atoms with van der Waals surface area (Å²) < 4.78 is 20.8. The molecule has 0 aliphatic carbocycles. The van der Waals surface area contributed by atoms with Gasteiger partial charge in [0, 0.05) is 10.8 Å². The van der Waals surface area contributed by atoms with Crippen molar-refractivity contribution in [2.24, 2.45) is 0 Å². The largest absolute Gasteiger partial charge is 0.492 e. The van der Waals surface area contributed by atoms with Gasteiger partial charge in [-0.05, 0) is 161 Å². The first-order valence-corrected chi connectivity index (χ1v) is 24.1. The van der Waals surface area contributed by atoms with E-state index >= 15 is 0 Å². The fraction of sp³-hybridized carbons (Fsp3) is 0.286. The van der Waals surface area contributed by atoms with Crippen LogP contribution in [0.1, 0.15) is 88.2 Å². The van der Waals surface area contributed by atoms with Crippen molar-refractivity contribution in [3.63, 3.8) is 0 Å². The van der Waals surface area contributed by atoms with Crippen molar-refractivity contribution in [3.05, 3.63) is 154 Å². The number of ether oxygens (including phenoxy) is 2. The van der Waals surface area contributed by atoms with Crippen LogP contribution in [0.5, 0.6) is 11.5 Å². The molecule has 0 amide bonds. The minimum Gasteiger partial charge on any atom is -0.492 e. The molecule has 0 saturated carbocycles. The second kappa shape index (κ2) is 19.9. The van der Waals surface area contributed by atoms with Crippen LogP contribution in [0.25, 0.3) is 65.0 Å². The Morgan fingerprint density at radius 2 is 0.672 bits per heavy atom. The normalized spacial score (nSPS) is 11.8. The Bertz CT molecular complexity index is 2620. The number of aryl methyl sites for hydroxylation is 2. The lowest BCUT2D eigenvalue weighted by atomic mass is 9.93. The molecule has 0 bridgehead atoms. The standard InChI is InChI=1S/C56H54Br2O3/c57-51-37-53-49(35-55(51)59-31-19-7-3-1-5-9-29-47-43-25-15-11-21-39(43)33-40-22-12-16-26-44(40)47)50-36-56(52(58)38-54(50)61-53)60-32-20-8-4-2-6-10-30-48-45-27-17-13-23-41(45)34-42-24-14-18-28-46(42)48/h11-18,21-28,33-38H,1-10,19-20,29-32H2. The highest BCUT2D eigenvalue weighted by atomic mass is 79.9. The molecular weight excluding hydrogens is 880 g/mol. The van der Waals surface area contributed by atoms with Crippen molar-refractivity contribution in [2.45, 2.75) is 89.9 Å². The molecule has 0 aliphatic rings. The van der Waals surface area contributed by atoms with Gasteiger partial charge < -0.3 is 13.9 Å². The van der Waals surface area contributed by atoms with Crippen LogP contribution in [0.15, 0.2) is 147 Å². The number of halogens is 2. The average molecular weight is 935 g/mol. The minimum atomic E-state index is 0.698. The Kier molecular flexibility index (Phi) is 13.5. The highest BCUT2D eigenvalue weighted by Crippen LogP contribution is 2.40. The van der Waals surface area contributed by atoms with Crippen LogP contribution in [0.2, 0.25) is 0 Å². The molecule has 9 rings (SSSR count). The summed E-state index contributed by atoms with van der Waals surface area (Å²) in [6.07, 6.45) is 16.6. The Balaban J connectivity index is 0.703. The summed E-state index contributed by atoms with van der Waals surface area (Å²) in [5, 5.41) is 13.1. The summed E-state index contributed by atoms with van der Waals surface area (Å²) in [6.45, 7) is 1.40. The van der Waals surface area contributed by atoms with E-state index in [1.165, 1.54) is 118 Å². The maximum Gasteiger partial charge on any atom is 0.136 e. The van der Waals surface area contributed by atoms with Crippen molar-refractivity contribution >= 4 is 96.9 Å². The van der Waals surface area contributed by atoms with E-state index in [0.717, 1.165) is 68.1 Å². The van der Waals surface area contributed by atoms with Gasteiger partial charge in [0.2, 0.25) is 0 Å². The van der Waals surface area contributed by atoms with Crippen LogP contribution >= 0.6 is 31.9 Å². The number of fused-ring (bicyclic) bond motifs is 7. The first kappa shape index (κ1) is 41.5. The summed E-state index contributed by atoms with van der Waals surface area (Å²) in [5.41, 5.74) is 4.68. The quantitative estimate of drug-likeness (QED) is 0.0564. The minimum absolute atomic E-state index is 0.698. The van der Waals surface area contributed by atoms with E-state index < -0.39 is 0 Å². The molecule has 0 saturated heterocycles. The molecule has 61 heavy (non-hydrogen) atoms. The third kappa shape index (κ3) is 9.64. The predicted molar refractivity (Wildman–Crippen MR) is 266 cm³/mol. The van der Waals surface area contributed by atoms with Gasteiger partial charge in [0.05, 0.1) is 22.2 Å². The van der Waals surface area contributed by atoms with E-state index in [1.807, 2.05) is 12.1 Å². The van der Waals surface area contributed by atoms with E-state index in [0.29, 0.717) is 13.2 Å². The van der Waals surface area contributed by atoms with Crippen molar-refractivity contribution in [2.75, 3.05) is 13.2 Å². The smallest absolute Gasteiger partial charge is 0.136 e. The van der Waals surface area contributed by atoms with E-state index in [1.54, 1.807) is 0 Å². The molecule has 0 unspecified atom stereocenters. The molecule has 1 heterocycles. The molecule has 1 aromatic heterocycles.